The molecular weight excluding hydrogens is 254 g/mol. The molecule has 0 fully saturated rings. The third-order valence-electron chi connectivity index (χ3n) is 2.27. The molecule has 1 aromatic heterocycles. The maximum Gasteiger partial charge on any atom is 0.339 e. The lowest BCUT2D eigenvalue weighted by molar-refractivity contribution is 0.0693. The molecule has 2 aromatic rings. The highest BCUT2D eigenvalue weighted by Gasteiger charge is 2.12. The van der Waals surface area contributed by atoms with Gasteiger partial charge in [0.05, 0.1) is 13.3 Å². The number of aromatic carboxylic acids is 1. The molecule has 0 spiro atoms. The smallest absolute Gasteiger partial charge is 0.339 e. The molecule has 94 valence electrons. The first-order valence-electron chi connectivity index (χ1n) is 5.13. The standard InChI is InChI=1S/C12H11NO4S/c1-16-10-3-2-8(6-9(10)11(14)15)7-18-12-13-4-5-17-12/h2-6H,7H2,1H3,(H,14,15). The number of hydrogen-bond donors (Lipinski definition) is 1. The van der Waals surface area contributed by atoms with Crippen molar-refractivity contribution in [2.45, 2.75) is 11.0 Å². The Labute approximate surface area is 108 Å². The molecule has 5 nitrogen and oxygen atoms in total. The van der Waals surface area contributed by atoms with E-state index in [0.29, 0.717) is 16.7 Å². The highest BCUT2D eigenvalue weighted by Crippen LogP contribution is 2.25. The summed E-state index contributed by atoms with van der Waals surface area (Å²) in [7, 11) is 1.45. The molecule has 0 saturated heterocycles. The van der Waals surface area contributed by atoms with E-state index < -0.39 is 5.97 Å². The van der Waals surface area contributed by atoms with E-state index >= 15 is 0 Å². The Balaban J connectivity index is 2.14. The number of oxazole rings is 1. The van der Waals surface area contributed by atoms with Gasteiger partial charge in [-0.15, -0.1) is 0 Å². The molecule has 0 radical (unpaired) electrons. The van der Waals surface area contributed by atoms with Gasteiger partial charge in [-0.25, -0.2) is 9.78 Å². The maximum absolute atomic E-state index is 11.0. The van der Waals surface area contributed by atoms with Crippen molar-refractivity contribution in [2.24, 2.45) is 0 Å². The van der Waals surface area contributed by atoms with Crippen LogP contribution in [0.3, 0.4) is 0 Å². The number of thioether (sulfide) groups is 1. The summed E-state index contributed by atoms with van der Waals surface area (Å²) >= 11 is 1.40. The van der Waals surface area contributed by atoms with Crippen LogP contribution in [0.2, 0.25) is 0 Å². The van der Waals surface area contributed by atoms with Crippen molar-refractivity contribution in [3.8, 4) is 5.75 Å². The minimum Gasteiger partial charge on any atom is -0.496 e. The maximum atomic E-state index is 11.0. The van der Waals surface area contributed by atoms with Gasteiger partial charge >= 0.3 is 5.97 Å². The summed E-state index contributed by atoms with van der Waals surface area (Å²) in [5, 5.41) is 9.61. The summed E-state index contributed by atoms with van der Waals surface area (Å²) in [6.07, 6.45) is 3.07. The quantitative estimate of drug-likeness (QED) is 0.838. The predicted octanol–water partition coefficient (Wildman–Crippen LogP) is 2.67. The normalized spacial score (nSPS) is 10.3. The Bertz CT molecular complexity index is 539. The van der Waals surface area contributed by atoms with Crippen LogP contribution in [0, 0.1) is 0 Å². The van der Waals surface area contributed by atoms with Gasteiger partial charge in [0, 0.05) is 5.75 Å². The SMILES string of the molecule is COc1ccc(CSc2ncco2)cc1C(=O)O. The second kappa shape index (κ2) is 5.59. The number of carbonyl (C=O) groups is 1. The topological polar surface area (TPSA) is 72.6 Å². The van der Waals surface area contributed by atoms with E-state index in [9.17, 15) is 4.79 Å². The Morgan fingerprint density at radius 3 is 3.00 bits per heavy atom. The van der Waals surface area contributed by atoms with Gasteiger partial charge in [0.15, 0.2) is 0 Å². The second-order valence-electron chi connectivity index (χ2n) is 3.43. The van der Waals surface area contributed by atoms with E-state index in [4.69, 9.17) is 14.3 Å². The van der Waals surface area contributed by atoms with Gasteiger partial charge in [-0.05, 0) is 17.7 Å². The fraction of sp³-hybridized carbons (Fsp3) is 0.167. The zero-order valence-corrected chi connectivity index (χ0v) is 10.4. The lowest BCUT2D eigenvalue weighted by Gasteiger charge is -2.06. The Kier molecular flexibility index (Phi) is 3.88. The van der Waals surface area contributed by atoms with Gasteiger partial charge < -0.3 is 14.3 Å². The molecule has 0 aliphatic rings. The summed E-state index contributed by atoms with van der Waals surface area (Å²) in [5.41, 5.74) is 1.03. The predicted molar refractivity (Wildman–Crippen MR) is 66.0 cm³/mol. The molecular formula is C12H11NO4S. The van der Waals surface area contributed by atoms with Crippen molar-refractivity contribution >= 4 is 17.7 Å². The van der Waals surface area contributed by atoms with Crippen molar-refractivity contribution in [2.75, 3.05) is 7.11 Å². The highest BCUT2D eigenvalue weighted by atomic mass is 32.2. The molecule has 0 aliphatic carbocycles. The zero-order chi connectivity index (χ0) is 13.0. The molecule has 0 atom stereocenters. The summed E-state index contributed by atoms with van der Waals surface area (Å²) < 4.78 is 10.1. The summed E-state index contributed by atoms with van der Waals surface area (Å²) in [5.74, 6) is -0.0627. The van der Waals surface area contributed by atoms with Gasteiger partial charge in [0.2, 0.25) is 0 Å². The van der Waals surface area contributed by atoms with Crippen molar-refractivity contribution in [1.82, 2.24) is 4.98 Å². The number of benzene rings is 1. The molecule has 0 unspecified atom stereocenters. The molecule has 1 N–H and O–H groups in total. The van der Waals surface area contributed by atoms with Crippen LogP contribution in [0.25, 0.3) is 0 Å². The van der Waals surface area contributed by atoms with E-state index in [1.165, 1.54) is 25.1 Å². The average molecular weight is 265 g/mol. The van der Waals surface area contributed by atoms with Crippen LogP contribution in [0.5, 0.6) is 5.75 Å². The Hall–Kier alpha value is -1.95. The Morgan fingerprint density at radius 2 is 2.39 bits per heavy atom. The summed E-state index contributed by atoms with van der Waals surface area (Å²) in [4.78, 5) is 15.0. The van der Waals surface area contributed by atoms with E-state index in [1.807, 2.05) is 6.07 Å². The van der Waals surface area contributed by atoms with Crippen molar-refractivity contribution in [1.29, 1.82) is 0 Å². The van der Waals surface area contributed by atoms with E-state index in [2.05, 4.69) is 4.98 Å². The number of carboxylic acids is 1. The number of carboxylic acid groups (broad SMARTS) is 1. The number of hydrogen-bond acceptors (Lipinski definition) is 5. The zero-order valence-electron chi connectivity index (χ0n) is 9.62. The highest BCUT2D eigenvalue weighted by molar-refractivity contribution is 7.98. The van der Waals surface area contributed by atoms with Crippen LogP contribution in [-0.2, 0) is 5.75 Å². The van der Waals surface area contributed by atoms with Crippen LogP contribution < -0.4 is 4.74 Å². The molecule has 18 heavy (non-hydrogen) atoms. The van der Waals surface area contributed by atoms with Crippen LogP contribution >= 0.6 is 11.8 Å². The second-order valence-corrected chi connectivity index (χ2v) is 4.35. The first-order chi connectivity index (χ1) is 8.70. The number of rotatable bonds is 5. The molecule has 1 aromatic carbocycles. The minimum atomic E-state index is -1.00. The fourth-order valence-electron chi connectivity index (χ4n) is 1.44. The molecule has 6 heteroatoms. The lowest BCUT2D eigenvalue weighted by atomic mass is 10.1. The molecule has 0 bridgehead atoms. The van der Waals surface area contributed by atoms with Gasteiger partial charge in [0.1, 0.15) is 17.6 Å². The van der Waals surface area contributed by atoms with Crippen molar-refractivity contribution in [3.63, 3.8) is 0 Å². The number of nitrogens with zero attached hydrogens (tertiary/aromatic N) is 1. The molecule has 2 rings (SSSR count). The first-order valence-corrected chi connectivity index (χ1v) is 6.12. The van der Waals surface area contributed by atoms with Crippen LogP contribution in [0.1, 0.15) is 15.9 Å². The summed E-state index contributed by atoms with van der Waals surface area (Å²) in [6, 6.07) is 5.06. The van der Waals surface area contributed by atoms with Crippen LogP contribution in [-0.4, -0.2) is 23.2 Å². The van der Waals surface area contributed by atoms with E-state index in [0.717, 1.165) is 5.56 Å². The number of methoxy groups -OCH3 is 1. The average Bonchev–Trinajstić information content (AvgIpc) is 2.89. The van der Waals surface area contributed by atoms with E-state index in [1.54, 1.807) is 18.3 Å². The Morgan fingerprint density at radius 1 is 1.56 bits per heavy atom. The lowest BCUT2D eigenvalue weighted by Crippen LogP contribution is -2.01. The van der Waals surface area contributed by atoms with E-state index in [-0.39, 0.29) is 5.56 Å². The van der Waals surface area contributed by atoms with Gasteiger partial charge in [-0.2, -0.15) is 0 Å². The molecule has 0 aliphatic heterocycles. The molecule has 0 amide bonds. The molecule has 1 heterocycles. The van der Waals surface area contributed by atoms with Gasteiger partial charge in [-0.3, -0.25) is 0 Å². The van der Waals surface area contributed by atoms with Gasteiger partial charge in [-0.1, -0.05) is 17.8 Å². The molecule has 0 saturated carbocycles. The third-order valence-corrected chi connectivity index (χ3v) is 3.19. The largest absolute Gasteiger partial charge is 0.496 e. The number of aromatic nitrogens is 1. The third kappa shape index (κ3) is 2.84. The van der Waals surface area contributed by atoms with Crippen LogP contribution in [0.15, 0.2) is 40.3 Å². The van der Waals surface area contributed by atoms with Crippen molar-refractivity contribution < 1.29 is 19.1 Å². The first kappa shape index (κ1) is 12.5. The van der Waals surface area contributed by atoms with Crippen molar-refractivity contribution in [3.05, 3.63) is 41.8 Å². The summed E-state index contributed by atoms with van der Waals surface area (Å²) in [6.45, 7) is 0. The van der Waals surface area contributed by atoms with Crippen LogP contribution in [0.4, 0.5) is 0 Å². The number of ether oxygens (including phenoxy) is 1. The minimum absolute atomic E-state index is 0.156. The van der Waals surface area contributed by atoms with Gasteiger partial charge in [0.25, 0.3) is 5.22 Å². The monoisotopic (exact) mass is 265 g/mol. The fourth-order valence-corrected chi connectivity index (χ4v) is 2.17.